The molecule has 0 saturated heterocycles. The van der Waals surface area contributed by atoms with E-state index >= 15 is 0 Å². The van der Waals surface area contributed by atoms with Crippen molar-refractivity contribution < 1.29 is 14.8 Å². The van der Waals surface area contributed by atoms with Crippen LogP contribution in [0.5, 0.6) is 0 Å². The predicted octanol–water partition coefficient (Wildman–Crippen LogP) is 0.136. The van der Waals surface area contributed by atoms with Gasteiger partial charge in [-0.3, -0.25) is 0 Å². The summed E-state index contributed by atoms with van der Waals surface area (Å²) in [5.41, 5.74) is -0.145. The van der Waals surface area contributed by atoms with Gasteiger partial charge in [-0.2, -0.15) is 0 Å². The molecular formula is C6H6N3O4-. The average Bonchev–Trinajstić information content (AvgIpc) is 2.52. The Morgan fingerprint density at radius 1 is 1.69 bits per heavy atom. The zero-order chi connectivity index (χ0) is 9.84. The van der Waals surface area contributed by atoms with E-state index in [1.165, 1.54) is 0 Å². The number of nitro groups is 1. The molecule has 1 aliphatic rings. The molecule has 0 radical (unpaired) electrons. The minimum atomic E-state index is -0.726. The Balaban J connectivity index is 2.84. The fraction of sp³-hybridized carbons (Fsp3) is 0.333. The molecule has 0 atom stereocenters. The first-order valence-corrected chi connectivity index (χ1v) is 3.47. The van der Waals surface area contributed by atoms with Crippen molar-refractivity contribution >= 4 is 0 Å². The highest BCUT2D eigenvalue weighted by molar-refractivity contribution is 5.22. The SMILES string of the molecule is CCOC([O-])=C1C=C([N+](=O)[O-])N=N1. The lowest BCUT2D eigenvalue weighted by Crippen LogP contribution is -2.09. The van der Waals surface area contributed by atoms with Gasteiger partial charge < -0.3 is 20.0 Å². The molecule has 70 valence electrons. The Morgan fingerprint density at radius 2 is 2.38 bits per heavy atom. The second-order valence-electron chi connectivity index (χ2n) is 2.07. The minimum Gasteiger partial charge on any atom is -0.612 e. The average molecular weight is 184 g/mol. The molecule has 0 N–H and O–H groups in total. The van der Waals surface area contributed by atoms with Crippen molar-refractivity contribution in [2.75, 3.05) is 6.61 Å². The summed E-state index contributed by atoms with van der Waals surface area (Å²) in [4.78, 5) is 9.42. The van der Waals surface area contributed by atoms with Crippen LogP contribution in [0.3, 0.4) is 0 Å². The van der Waals surface area contributed by atoms with E-state index in [1.54, 1.807) is 6.92 Å². The second kappa shape index (κ2) is 3.65. The standard InChI is InChI=1S/C6H7N3O4/c1-2-13-6(10)4-3-5(8-7-4)9(11)12/h3,10H,2H2,1H3/p-1. The highest BCUT2D eigenvalue weighted by Gasteiger charge is 2.18. The third-order valence-corrected chi connectivity index (χ3v) is 1.20. The Bertz CT molecular complexity index is 318. The van der Waals surface area contributed by atoms with E-state index in [9.17, 15) is 15.2 Å². The summed E-state index contributed by atoms with van der Waals surface area (Å²) >= 11 is 0. The van der Waals surface area contributed by atoms with E-state index in [2.05, 4.69) is 15.0 Å². The highest BCUT2D eigenvalue weighted by atomic mass is 16.6. The van der Waals surface area contributed by atoms with E-state index in [-0.39, 0.29) is 12.3 Å². The largest absolute Gasteiger partial charge is 0.612 e. The first-order valence-electron chi connectivity index (χ1n) is 3.47. The maximum atomic E-state index is 10.9. The van der Waals surface area contributed by atoms with Crippen LogP contribution in [0, 0.1) is 10.1 Å². The molecule has 1 rings (SSSR count). The molecular weight excluding hydrogens is 178 g/mol. The molecule has 0 saturated carbocycles. The molecule has 0 aromatic rings. The topological polar surface area (TPSA) is 100 Å². The summed E-state index contributed by atoms with van der Waals surface area (Å²) in [6.45, 7) is 1.82. The van der Waals surface area contributed by atoms with E-state index in [4.69, 9.17) is 0 Å². The lowest BCUT2D eigenvalue weighted by atomic mass is 10.4. The van der Waals surface area contributed by atoms with Crippen LogP contribution in [0.15, 0.2) is 33.8 Å². The summed E-state index contributed by atoms with van der Waals surface area (Å²) in [5, 5.41) is 27.5. The van der Waals surface area contributed by atoms with Gasteiger partial charge in [0.05, 0.1) is 17.1 Å². The molecule has 7 nitrogen and oxygen atoms in total. The van der Waals surface area contributed by atoms with Crippen molar-refractivity contribution in [3.8, 4) is 0 Å². The van der Waals surface area contributed by atoms with Gasteiger partial charge in [0.1, 0.15) is 5.70 Å². The summed E-state index contributed by atoms with van der Waals surface area (Å²) in [6, 6.07) is 0. The van der Waals surface area contributed by atoms with Crippen LogP contribution in [-0.2, 0) is 4.74 Å². The Hall–Kier alpha value is -1.92. The van der Waals surface area contributed by atoms with Crippen molar-refractivity contribution in [1.82, 2.24) is 0 Å². The highest BCUT2D eigenvalue weighted by Crippen LogP contribution is 2.17. The quantitative estimate of drug-likeness (QED) is 0.353. The van der Waals surface area contributed by atoms with Gasteiger partial charge >= 0.3 is 5.82 Å². The second-order valence-corrected chi connectivity index (χ2v) is 2.07. The number of hydrogen-bond acceptors (Lipinski definition) is 6. The lowest BCUT2D eigenvalue weighted by molar-refractivity contribution is -0.426. The van der Waals surface area contributed by atoms with E-state index in [1.807, 2.05) is 0 Å². The van der Waals surface area contributed by atoms with Gasteiger partial charge in [0, 0.05) is 0 Å². The molecule has 0 aliphatic carbocycles. The van der Waals surface area contributed by atoms with Crippen LogP contribution in [0.1, 0.15) is 6.92 Å². The summed E-state index contributed by atoms with van der Waals surface area (Å²) in [7, 11) is 0. The summed E-state index contributed by atoms with van der Waals surface area (Å²) in [5.74, 6) is -1.16. The van der Waals surface area contributed by atoms with Gasteiger partial charge in [-0.1, -0.05) is 6.92 Å². The fourth-order valence-electron chi connectivity index (χ4n) is 0.679. The summed E-state index contributed by atoms with van der Waals surface area (Å²) in [6.07, 6.45) is 0.970. The number of hydrogen-bond donors (Lipinski definition) is 0. The molecule has 0 aromatic heterocycles. The molecule has 0 fully saturated rings. The fourth-order valence-corrected chi connectivity index (χ4v) is 0.679. The molecule has 13 heavy (non-hydrogen) atoms. The Morgan fingerprint density at radius 3 is 2.85 bits per heavy atom. The molecule has 0 unspecified atom stereocenters. The van der Waals surface area contributed by atoms with Gasteiger partial charge in [0.15, 0.2) is 0 Å². The lowest BCUT2D eigenvalue weighted by Gasteiger charge is -2.11. The van der Waals surface area contributed by atoms with Crippen molar-refractivity contribution in [3.05, 3.63) is 33.7 Å². The number of nitrogens with zero attached hydrogens (tertiary/aromatic N) is 3. The number of azo groups is 1. The molecule has 0 bridgehead atoms. The van der Waals surface area contributed by atoms with Crippen molar-refractivity contribution in [2.45, 2.75) is 6.92 Å². The Kier molecular flexibility index (Phi) is 2.58. The molecule has 0 aromatic carbocycles. The Labute approximate surface area is 73.2 Å². The van der Waals surface area contributed by atoms with Crippen molar-refractivity contribution in [3.63, 3.8) is 0 Å². The van der Waals surface area contributed by atoms with Crippen molar-refractivity contribution in [2.24, 2.45) is 10.2 Å². The van der Waals surface area contributed by atoms with Gasteiger partial charge in [0.25, 0.3) is 0 Å². The normalized spacial score (nSPS) is 18.4. The van der Waals surface area contributed by atoms with Crippen LogP contribution < -0.4 is 5.11 Å². The first-order chi connectivity index (χ1) is 6.15. The number of allylic oxidation sites excluding steroid dienone is 1. The van der Waals surface area contributed by atoms with Crippen LogP contribution in [0.4, 0.5) is 0 Å². The predicted molar refractivity (Wildman–Crippen MR) is 38.6 cm³/mol. The maximum absolute atomic E-state index is 10.9. The monoisotopic (exact) mass is 184 g/mol. The zero-order valence-electron chi connectivity index (χ0n) is 6.76. The third kappa shape index (κ3) is 2.01. The van der Waals surface area contributed by atoms with E-state index < -0.39 is 16.7 Å². The van der Waals surface area contributed by atoms with Crippen LogP contribution in [0.2, 0.25) is 0 Å². The van der Waals surface area contributed by atoms with Gasteiger partial charge in [0.2, 0.25) is 0 Å². The number of rotatable bonds is 3. The van der Waals surface area contributed by atoms with Gasteiger partial charge in [-0.25, -0.2) is 0 Å². The molecule has 0 spiro atoms. The molecule has 0 amide bonds. The van der Waals surface area contributed by atoms with E-state index in [0.29, 0.717) is 0 Å². The molecule has 1 aliphatic heterocycles. The number of ether oxygens (including phenoxy) is 1. The first kappa shape index (κ1) is 9.17. The smallest absolute Gasteiger partial charge is 0.393 e. The van der Waals surface area contributed by atoms with Crippen LogP contribution >= 0.6 is 0 Å². The summed E-state index contributed by atoms with van der Waals surface area (Å²) < 4.78 is 4.56. The third-order valence-electron chi connectivity index (χ3n) is 1.20. The maximum Gasteiger partial charge on any atom is 0.393 e. The molecule has 7 heteroatoms. The zero-order valence-corrected chi connectivity index (χ0v) is 6.76. The van der Waals surface area contributed by atoms with Crippen molar-refractivity contribution in [1.29, 1.82) is 0 Å². The van der Waals surface area contributed by atoms with Gasteiger partial charge in [-0.15, -0.1) is 0 Å². The van der Waals surface area contributed by atoms with Gasteiger partial charge in [-0.05, 0) is 16.6 Å². The molecule has 1 heterocycles. The van der Waals surface area contributed by atoms with E-state index in [0.717, 1.165) is 6.08 Å². The van der Waals surface area contributed by atoms with Crippen LogP contribution in [0.25, 0.3) is 0 Å². The van der Waals surface area contributed by atoms with Crippen LogP contribution in [-0.4, -0.2) is 11.5 Å². The minimum absolute atomic E-state index is 0.145.